The van der Waals surface area contributed by atoms with E-state index in [1.165, 1.54) is 6.42 Å². The molecule has 0 radical (unpaired) electrons. The fourth-order valence-corrected chi connectivity index (χ4v) is 3.66. The van der Waals surface area contributed by atoms with Gasteiger partial charge in [-0.05, 0) is 31.9 Å². The topological polar surface area (TPSA) is 55.3 Å². The zero-order valence-electron chi connectivity index (χ0n) is 15.9. The van der Waals surface area contributed by atoms with Crippen molar-refractivity contribution in [1.29, 1.82) is 0 Å². The summed E-state index contributed by atoms with van der Waals surface area (Å²) in [6.45, 7) is 7.38. The third kappa shape index (κ3) is 4.73. The molecular weight excluding hydrogens is 445 g/mol. The monoisotopic (exact) mass is 475 g/mol. The van der Waals surface area contributed by atoms with E-state index in [4.69, 9.17) is 19.2 Å². The Bertz CT molecular complexity index is 618. The maximum absolute atomic E-state index is 5.64. The number of nitrogens with one attached hydrogen (secondary N) is 1. The van der Waals surface area contributed by atoms with Crippen molar-refractivity contribution in [2.24, 2.45) is 10.4 Å². The van der Waals surface area contributed by atoms with Crippen molar-refractivity contribution in [3.05, 3.63) is 23.8 Å². The van der Waals surface area contributed by atoms with E-state index in [9.17, 15) is 0 Å². The van der Waals surface area contributed by atoms with Gasteiger partial charge < -0.3 is 24.4 Å². The van der Waals surface area contributed by atoms with Gasteiger partial charge in [0.25, 0.3) is 0 Å². The van der Waals surface area contributed by atoms with Crippen molar-refractivity contribution >= 4 is 29.9 Å². The van der Waals surface area contributed by atoms with Gasteiger partial charge in [-0.25, -0.2) is 4.99 Å². The summed E-state index contributed by atoms with van der Waals surface area (Å²) < 4.78 is 16.4. The van der Waals surface area contributed by atoms with E-state index in [0.29, 0.717) is 12.0 Å². The van der Waals surface area contributed by atoms with Crippen LogP contribution in [-0.2, 0) is 11.3 Å². The van der Waals surface area contributed by atoms with Gasteiger partial charge in [-0.1, -0.05) is 0 Å². The minimum Gasteiger partial charge on any atom is -0.497 e. The third-order valence-electron chi connectivity index (χ3n) is 5.15. The second kappa shape index (κ2) is 9.64. The van der Waals surface area contributed by atoms with Gasteiger partial charge in [-0.2, -0.15) is 0 Å². The predicted octanol–water partition coefficient (Wildman–Crippen LogP) is 2.90. The summed E-state index contributed by atoms with van der Waals surface area (Å²) in [5, 5.41) is 3.43. The Hall–Kier alpha value is -1.22. The van der Waals surface area contributed by atoms with Gasteiger partial charge in [-0.3, -0.25) is 0 Å². The Balaban J connectivity index is 0.00000243. The van der Waals surface area contributed by atoms with Crippen molar-refractivity contribution in [2.75, 3.05) is 47.1 Å². The number of rotatable bonds is 5. The van der Waals surface area contributed by atoms with E-state index >= 15 is 0 Å². The molecular formula is C19H30IN3O3. The van der Waals surface area contributed by atoms with E-state index in [1.807, 2.05) is 18.2 Å². The van der Waals surface area contributed by atoms with E-state index in [-0.39, 0.29) is 24.0 Å². The highest BCUT2D eigenvalue weighted by Gasteiger charge is 2.42. The van der Waals surface area contributed by atoms with Crippen molar-refractivity contribution < 1.29 is 14.2 Å². The highest BCUT2D eigenvalue weighted by atomic mass is 127. The summed E-state index contributed by atoms with van der Waals surface area (Å²) in [5.74, 6) is 2.57. The highest BCUT2D eigenvalue weighted by Crippen LogP contribution is 2.38. The lowest BCUT2D eigenvalue weighted by molar-refractivity contribution is 0.156. The van der Waals surface area contributed by atoms with E-state index in [1.54, 1.807) is 14.2 Å². The fourth-order valence-electron chi connectivity index (χ4n) is 3.66. The van der Waals surface area contributed by atoms with Gasteiger partial charge >= 0.3 is 0 Å². The van der Waals surface area contributed by atoms with Gasteiger partial charge in [0.2, 0.25) is 0 Å². The molecule has 2 heterocycles. The lowest BCUT2D eigenvalue weighted by atomic mass is 9.87. The first kappa shape index (κ1) is 21.1. The van der Waals surface area contributed by atoms with E-state index in [2.05, 4.69) is 17.1 Å². The lowest BCUT2D eigenvalue weighted by Crippen LogP contribution is -2.41. The molecule has 0 aromatic heterocycles. The average molecular weight is 475 g/mol. The van der Waals surface area contributed by atoms with Crippen LogP contribution in [0.15, 0.2) is 23.2 Å². The number of likely N-dealkylation sites (tertiary alicyclic amines) is 1. The van der Waals surface area contributed by atoms with Crippen molar-refractivity contribution in [1.82, 2.24) is 10.2 Å². The summed E-state index contributed by atoms with van der Waals surface area (Å²) >= 11 is 0. The second-order valence-corrected chi connectivity index (χ2v) is 6.82. The Morgan fingerprint density at radius 3 is 2.81 bits per heavy atom. The molecule has 2 fully saturated rings. The fraction of sp³-hybridized carbons (Fsp3) is 0.632. The number of aliphatic imine (C=N–C) groups is 1. The molecule has 2 aliphatic heterocycles. The highest BCUT2D eigenvalue weighted by molar-refractivity contribution is 14.0. The second-order valence-electron chi connectivity index (χ2n) is 6.82. The van der Waals surface area contributed by atoms with Gasteiger partial charge in [0.1, 0.15) is 11.5 Å². The Kier molecular flexibility index (Phi) is 7.82. The van der Waals surface area contributed by atoms with Gasteiger partial charge in [0.05, 0.1) is 27.4 Å². The summed E-state index contributed by atoms with van der Waals surface area (Å²) in [4.78, 5) is 7.22. The van der Waals surface area contributed by atoms with Crippen LogP contribution in [-0.4, -0.2) is 57.9 Å². The number of hydrogen-bond acceptors (Lipinski definition) is 4. The Labute approximate surface area is 173 Å². The molecule has 1 N–H and O–H groups in total. The first-order chi connectivity index (χ1) is 12.2. The van der Waals surface area contributed by atoms with Crippen molar-refractivity contribution in [3.8, 4) is 11.5 Å². The SMILES string of the molecule is CCNC(=NCc1ccc(OC)cc1OC)N1CCC2(CCOC2)C1.I. The van der Waals surface area contributed by atoms with Crippen molar-refractivity contribution in [2.45, 2.75) is 26.3 Å². The molecule has 6 nitrogen and oxygen atoms in total. The predicted molar refractivity (Wildman–Crippen MR) is 114 cm³/mol. The van der Waals surface area contributed by atoms with Crippen LogP contribution >= 0.6 is 24.0 Å². The van der Waals surface area contributed by atoms with Crippen LogP contribution in [0.1, 0.15) is 25.3 Å². The van der Waals surface area contributed by atoms with Gasteiger partial charge in [0.15, 0.2) is 5.96 Å². The third-order valence-corrected chi connectivity index (χ3v) is 5.15. The normalized spacial score (nSPS) is 22.4. The molecule has 7 heteroatoms. The molecule has 1 atom stereocenters. The summed E-state index contributed by atoms with van der Waals surface area (Å²) in [7, 11) is 3.34. The number of halogens is 1. The van der Waals surface area contributed by atoms with Crippen LogP contribution in [0.5, 0.6) is 11.5 Å². The number of ether oxygens (including phenoxy) is 3. The van der Waals surface area contributed by atoms with Crippen LogP contribution in [0.4, 0.5) is 0 Å². The maximum atomic E-state index is 5.64. The zero-order valence-corrected chi connectivity index (χ0v) is 18.2. The average Bonchev–Trinajstić information content (AvgIpc) is 3.28. The molecule has 3 rings (SSSR count). The molecule has 2 saturated heterocycles. The van der Waals surface area contributed by atoms with Crippen LogP contribution in [0.25, 0.3) is 0 Å². The summed E-state index contributed by atoms with van der Waals surface area (Å²) in [5.41, 5.74) is 1.38. The van der Waals surface area contributed by atoms with Crippen molar-refractivity contribution in [3.63, 3.8) is 0 Å². The van der Waals surface area contributed by atoms with Gasteiger partial charge in [-0.15, -0.1) is 24.0 Å². The molecule has 1 aromatic carbocycles. The molecule has 1 unspecified atom stereocenters. The minimum atomic E-state index is 0. The molecule has 146 valence electrons. The van der Waals surface area contributed by atoms with E-state index < -0.39 is 0 Å². The molecule has 0 amide bonds. The molecule has 0 aliphatic carbocycles. The lowest BCUT2D eigenvalue weighted by Gasteiger charge is -2.25. The van der Waals surface area contributed by atoms with E-state index in [0.717, 1.165) is 62.3 Å². The minimum absolute atomic E-state index is 0. The molecule has 1 spiro atoms. The standard InChI is InChI=1S/C19H29N3O3.HI/c1-4-20-18(22-9-7-19(13-22)8-10-25-14-19)21-12-15-5-6-16(23-2)11-17(15)24-3;/h5-6,11H,4,7-10,12-14H2,1-3H3,(H,20,21);1H. The van der Waals surface area contributed by atoms with Crippen LogP contribution in [0.2, 0.25) is 0 Å². The molecule has 2 aliphatic rings. The molecule has 26 heavy (non-hydrogen) atoms. The summed E-state index contributed by atoms with van der Waals surface area (Å²) in [6, 6.07) is 5.86. The van der Waals surface area contributed by atoms with Crippen LogP contribution < -0.4 is 14.8 Å². The van der Waals surface area contributed by atoms with Crippen LogP contribution in [0.3, 0.4) is 0 Å². The quantitative estimate of drug-likeness (QED) is 0.404. The Morgan fingerprint density at radius 1 is 1.31 bits per heavy atom. The first-order valence-corrected chi connectivity index (χ1v) is 9.01. The largest absolute Gasteiger partial charge is 0.497 e. The first-order valence-electron chi connectivity index (χ1n) is 9.01. The number of benzene rings is 1. The molecule has 0 saturated carbocycles. The maximum Gasteiger partial charge on any atom is 0.194 e. The number of nitrogens with zero attached hydrogens (tertiary/aromatic N) is 2. The Morgan fingerprint density at radius 2 is 2.15 bits per heavy atom. The molecule has 1 aromatic rings. The number of guanidine groups is 1. The zero-order chi connectivity index (χ0) is 17.7. The summed E-state index contributed by atoms with van der Waals surface area (Å²) in [6.07, 6.45) is 2.35. The number of hydrogen-bond donors (Lipinski definition) is 1. The smallest absolute Gasteiger partial charge is 0.194 e. The van der Waals surface area contributed by atoms with Crippen LogP contribution in [0, 0.1) is 5.41 Å². The van der Waals surface area contributed by atoms with Gasteiger partial charge in [0, 0.05) is 43.3 Å². The number of methoxy groups -OCH3 is 2. The molecule has 0 bridgehead atoms.